The van der Waals surface area contributed by atoms with Crippen molar-refractivity contribution in [1.82, 2.24) is 14.9 Å². The van der Waals surface area contributed by atoms with Crippen molar-refractivity contribution in [2.75, 3.05) is 6.54 Å². The zero-order chi connectivity index (χ0) is 10.7. The van der Waals surface area contributed by atoms with Gasteiger partial charge in [0.05, 0.1) is 0 Å². The summed E-state index contributed by atoms with van der Waals surface area (Å²) in [6.07, 6.45) is 8.98. The Morgan fingerprint density at radius 1 is 1.60 bits per heavy atom. The van der Waals surface area contributed by atoms with Crippen LogP contribution in [0.4, 0.5) is 0 Å². The molecule has 0 aromatic carbocycles. The summed E-state index contributed by atoms with van der Waals surface area (Å²) in [4.78, 5) is 4.34. The molecule has 1 N–H and O–H groups in total. The van der Waals surface area contributed by atoms with E-state index in [1.54, 1.807) is 0 Å². The Morgan fingerprint density at radius 3 is 3.00 bits per heavy atom. The van der Waals surface area contributed by atoms with Gasteiger partial charge in [0.1, 0.15) is 5.82 Å². The van der Waals surface area contributed by atoms with Gasteiger partial charge in [-0.05, 0) is 31.7 Å². The van der Waals surface area contributed by atoms with Crippen molar-refractivity contribution in [3.63, 3.8) is 0 Å². The van der Waals surface area contributed by atoms with Gasteiger partial charge < -0.3 is 9.88 Å². The highest BCUT2D eigenvalue weighted by atomic mass is 15.0. The molecule has 3 heteroatoms. The van der Waals surface area contributed by atoms with Crippen molar-refractivity contribution in [2.45, 2.75) is 38.6 Å². The summed E-state index contributed by atoms with van der Waals surface area (Å²) in [5, 5.41) is 3.57. The highest BCUT2D eigenvalue weighted by Gasteiger charge is 2.20. The first-order valence-corrected chi connectivity index (χ1v) is 5.95. The van der Waals surface area contributed by atoms with Crippen LogP contribution in [-0.4, -0.2) is 22.1 Å². The zero-order valence-corrected chi connectivity index (χ0v) is 9.74. The molecule has 0 saturated heterocycles. The van der Waals surface area contributed by atoms with Gasteiger partial charge in [0.15, 0.2) is 0 Å². The van der Waals surface area contributed by atoms with Crippen molar-refractivity contribution in [3.05, 3.63) is 18.2 Å². The van der Waals surface area contributed by atoms with E-state index < -0.39 is 0 Å². The standard InChI is InChI=1S/C12H21N3/c1-10(9-14-11-4-5-11)3-6-12-13-7-8-15(12)2/h7-8,10-11,14H,3-6,9H2,1-2H3. The number of nitrogens with zero attached hydrogens (tertiary/aromatic N) is 2. The number of hydrogen-bond donors (Lipinski definition) is 1. The lowest BCUT2D eigenvalue weighted by atomic mass is 10.1. The topological polar surface area (TPSA) is 29.9 Å². The van der Waals surface area contributed by atoms with Crippen molar-refractivity contribution in [3.8, 4) is 0 Å². The van der Waals surface area contributed by atoms with E-state index in [-0.39, 0.29) is 0 Å². The van der Waals surface area contributed by atoms with E-state index in [9.17, 15) is 0 Å². The Morgan fingerprint density at radius 2 is 2.40 bits per heavy atom. The molecule has 15 heavy (non-hydrogen) atoms. The molecular formula is C12H21N3. The van der Waals surface area contributed by atoms with Gasteiger partial charge in [-0.2, -0.15) is 0 Å². The molecule has 1 aliphatic carbocycles. The molecule has 0 amide bonds. The van der Waals surface area contributed by atoms with Crippen LogP contribution < -0.4 is 5.32 Å². The first-order valence-electron chi connectivity index (χ1n) is 5.95. The highest BCUT2D eigenvalue weighted by molar-refractivity contribution is 4.91. The largest absolute Gasteiger partial charge is 0.338 e. The summed E-state index contributed by atoms with van der Waals surface area (Å²) in [6, 6.07) is 0.834. The Bertz CT molecular complexity index is 302. The molecular weight excluding hydrogens is 186 g/mol. The SMILES string of the molecule is CC(CCc1nccn1C)CNC1CC1. The fourth-order valence-electron chi connectivity index (χ4n) is 1.77. The van der Waals surface area contributed by atoms with Crippen molar-refractivity contribution >= 4 is 0 Å². The van der Waals surface area contributed by atoms with E-state index in [1.165, 1.54) is 25.1 Å². The summed E-state index contributed by atoms with van der Waals surface area (Å²) in [5.74, 6) is 1.95. The van der Waals surface area contributed by atoms with Gasteiger partial charge in [-0.3, -0.25) is 0 Å². The van der Waals surface area contributed by atoms with Crippen LogP contribution >= 0.6 is 0 Å². The molecule has 1 heterocycles. The van der Waals surface area contributed by atoms with Crippen LogP contribution in [0.5, 0.6) is 0 Å². The Kier molecular flexibility index (Phi) is 3.41. The molecule has 2 rings (SSSR count). The average Bonchev–Trinajstić information content (AvgIpc) is 2.96. The second-order valence-electron chi connectivity index (χ2n) is 4.78. The molecule has 0 aliphatic heterocycles. The third-order valence-corrected chi connectivity index (χ3v) is 3.11. The van der Waals surface area contributed by atoms with Crippen LogP contribution in [0.25, 0.3) is 0 Å². The molecule has 1 unspecified atom stereocenters. The minimum atomic E-state index is 0.752. The van der Waals surface area contributed by atoms with Gasteiger partial charge in [-0.1, -0.05) is 6.92 Å². The quantitative estimate of drug-likeness (QED) is 0.770. The molecule has 1 aromatic heterocycles. The van der Waals surface area contributed by atoms with Crippen LogP contribution in [0.1, 0.15) is 32.0 Å². The third kappa shape index (κ3) is 3.34. The van der Waals surface area contributed by atoms with Crippen molar-refractivity contribution in [2.24, 2.45) is 13.0 Å². The lowest BCUT2D eigenvalue weighted by Gasteiger charge is -2.11. The molecule has 0 radical (unpaired) electrons. The summed E-state index contributed by atoms with van der Waals surface area (Å²) in [5.41, 5.74) is 0. The highest BCUT2D eigenvalue weighted by Crippen LogP contribution is 2.19. The van der Waals surface area contributed by atoms with Gasteiger partial charge in [-0.25, -0.2) is 4.98 Å². The van der Waals surface area contributed by atoms with Crippen LogP contribution in [0.2, 0.25) is 0 Å². The van der Waals surface area contributed by atoms with Gasteiger partial charge in [-0.15, -0.1) is 0 Å². The fourth-order valence-corrected chi connectivity index (χ4v) is 1.77. The molecule has 3 nitrogen and oxygen atoms in total. The summed E-state index contributed by atoms with van der Waals surface area (Å²) in [6.45, 7) is 3.48. The number of nitrogens with one attached hydrogen (secondary N) is 1. The smallest absolute Gasteiger partial charge is 0.108 e. The molecule has 1 aromatic rings. The maximum atomic E-state index is 4.34. The van der Waals surface area contributed by atoms with E-state index in [0.717, 1.165) is 24.9 Å². The van der Waals surface area contributed by atoms with Crippen molar-refractivity contribution < 1.29 is 0 Å². The number of rotatable bonds is 6. The summed E-state index contributed by atoms with van der Waals surface area (Å²) < 4.78 is 2.11. The van der Waals surface area contributed by atoms with Gasteiger partial charge >= 0.3 is 0 Å². The maximum Gasteiger partial charge on any atom is 0.108 e. The van der Waals surface area contributed by atoms with Crippen LogP contribution in [0.15, 0.2) is 12.4 Å². The monoisotopic (exact) mass is 207 g/mol. The maximum absolute atomic E-state index is 4.34. The Balaban J connectivity index is 1.65. The van der Waals surface area contributed by atoms with Crippen LogP contribution in [-0.2, 0) is 13.5 Å². The predicted molar refractivity (Wildman–Crippen MR) is 61.7 cm³/mol. The van der Waals surface area contributed by atoms with Gasteiger partial charge in [0.25, 0.3) is 0 Å². The molecule has 1 aliphatic rings. The average molecular weight is 207 g/mol. The lowest BCUT2D eigenvalue weighted by Crippen LogP contribution is -2.23. The lowest BCUT2D eigenvalue weighted by molar-refractivity contribution is 0.472. The van der Waals surface area contributed by atoms with E-state index in [4.69, 9.17) is 0 Å². The molecule has 84 valence electrons. The number of aromatic nitrogens is 2. The third-order valence-electron chi connectivity index (χ3n) is 3.11. The molecule has 0 bridgehead atoms. The second-order valence-corrected chi connectivity index (χ2v) is 4.78. The minimum absolute atomic E-state index is 0.752. The molecule has 1 saturated carbocycles. The molecule has 1 fully saturated rings. The number of imidazole rings is 1. The fraction of sp³-hybridized carbons (Fsp3) is 0.750. The van der Waals surface area contributed by atoms with Crippen LogP contribution in [0.3, 0.4) is 0 Å². The summed E-state index contributed by atoms with van der Waals surface area (Å²) >= 11 is 0. The Labute approximate surface area is 91.9 Å². The van der Waals surface area contributed by atoms with Gasteiger partial charge in [0.2, 0.25) is 0 Å². The zero-order valence-electron chi connectivity index (χ0n) is 9.74. The van der Waals surface area contributed by atoms with E-state index >= 15 is 0 Å². The summed E-state index contributed by atoms with van der Waals surface area (Å²) in [7, 11) is 2.06. The predicted octanol–water partition coefficient (Wildman–Crippen LogP) is 1.74. The number of hydrogen-bond acceptors (Lipinski definition) is 2. The molecule has 0 spiro atoms. The van der Waals surface area contributed by atoms with E-state index in [1.807, 2.05) is 12.4 Å². The minimum Gasteiger partial charge on any atom is -0.338 e. The first-order chi connectivity index (χ1) is 7.25. The van der Waals surface area contributed by atoms with E-state index in [2.05, 4.69) is 28.8 Å². The first kappa shape index (κ1) is 10.7. The van der Waals surface area contributed by atoms with Crippen LogP contribution in [0, 0.1) is 5.92 Å². The Hall–Kier alpha value is -0.830. The normalized spacial score (nSPS) is 18.0. The van der Waals surface area contributed by atoms with E-state index in [0.29, 0.717) is 0 Å². The molecule has 1 atom stereocenters. The van der Waals surface area contributed by atoms with Gasteiger partial charge in [0, 0.05) is 31.9 Å². The second kappa shape index (κ2) is 4.79. The van der Waals surface area contributed by atoms with Crippen molar-refractivity contribution in [1.29, 1.82) is 0 Å². The number of aryl methyl sites for hydroxylation is 2.